The zero-order chi connectivity index (χ0) is 18.0. The van der Waals surface area contributed by atoms with Crippen molar-refractivity contribution in [2.45, 2.75) is 53.6 Å². The van der Waals surface area contributed by atoms with Crippen LogP contribution in [0.1, 0.15) is 37.5 Å². The standard InChI is InChI=1S/C20H28N2O3/c1-5-15-12-14(4)13-16(6-2)17(15)18-19(23)21-8-10-24-11-9-22(21)20(18)25-7-3/h12-13H,5-11H2,1-4H3. The molecule has 0 amide bonds. The molecule has 0 unspecified atom stereocenters. The fourth-order valence-corrected chi connectivity index (χ4v) is 3.74. The second kappa shape index (κ2) is 7.48. The van der Waals surface area contributed by atoms with Crippen molar-refractivity contribution >= 4 is 0 Å². The summed E-state index contributed by atoms with van der Waals surface area (Å²) in [6.07, 6.45) is 1.78. The SMILES string of the molecule is CCOc1c(-c2c(CC)cc(C)cc2CC)c(=O)n2n1CCOCC2. The molecule has 2 aromatic rings. The first kappa shape index (κ1) is 17.8. The summed E-state index contributed by atoms with van der Waals surface area (Å²) in [4.78, 5) is 13.3. The van der Waals surface area contributed by atoms with E-state index in [0.29, 0.717) is 38.8 Å². The lowest BCUT2D eigenvalue weighted by atomic mass is 9.91. The van der Waals surface area contributed by atoms with Gasteiger partial charge < -0.3 is 9.47 Å². The van der Waals surface area contributed by atoms with E-state index in [1.807, 2.05) is 11.6 Å². The van der Waals surface area contributed by atoms with Gasteiger partial charge in [0.15, 0.2) is 0 Å². The van der Waals surface area contributed by atoms with E-state index >= 15 is 0 Å². The molecular weight excluding hydrogens is 316 g/mol. The van der Waals surface area contributed by atoms with Crippen LogP contribution >= 0.6 is 0 Å². The van der Waals surface area contributed by atoms with Crippen molar-refractivity contribution in [1.29, 1.82) is 0 Å². The Morgan fingerprint density at radius 2 is 1.60 bits per heavy atom. The summed E-state index contributed by atoms with van der Waals surface area (Å²) in [5.41, 5.74) is 5.49. The minimum absolute atomic E-state index is 0.0298. The summed E-state index contributed by atoms with van der Waals surface area (Å²) in [5, 5.41) is 0. The number of ether oxygens (including phenoxy) is 2. The normalized spacial score (nSPS) is 14.2. The van der Waals surface area contributed by atoms with Gasteiger partial charge in [0.25, 0.3) is 5.56 Å². The molecule has 1 aliphatic heterocycles. The van der Waals surface area contributed by atoms with Crippen LogP contribution in [0.4, 0.5) is 0 Å². The molecule has 0 radical (unpaired) electrons. The Labute approximate surface area is 149 Å². The van der Waals surface area contributed by atoms with Gasteiger partial charge in [-0.05, 0) is 43.4 Å². The quantitative estimate of drug-likeness (QED) is 0.837. The molecule has 0 N–H and O–H groups in total. The number of rotatable bonds is 5. The van der Waals surface area contributed by atoms with Gasteiger partial charge in [0.05, 0.1) is 32.9 Å². The first-order valence-corrected chi connectivity index (χ1v) is 9.29. The molecule has 5 nitrogen and oxygen atoms in total. The fraction of sp³-hybridized carbons (Fsp3) is 0.550. The number of hydrogen-bond acceptors (Lipinski definition) is 3. The molecule has 1 aliphatic rings. The van der Waals surface area contributed by atoms with Crippen molar-refractivity contribution in [3.05, 3.63) is 39.2 Å². The maximum Gasteiger partial charge on any atom is 0.278 e. The van der Waals surface area contributed by atoms with Gasteiger partial charge >= 0.3 is 0 Å². The molecule has 0 atom stereocenters. The van der Waals surface area contributed by atoms with Crippen LogP contribution in [0.15, 0.2) is 16.9 Å². The lowest BCUT2D eigenvalue weighted by molar-refractivity contribution is 0.136. The van der Waals surface area contributed by atoms with E-state index in [0.717, 1.165) is 24.0 Å². The number of aryl methyl sites for hydroxylation is 3. The van der Waals surface area contributed by atoms with Crippen LogP contribution in [0, 0.1) is 6.92 Å². The van der Waals surface area contributed by atoms with Crippen molar-refractivity contribution in [2.24, 2.45) is 0 Å². The van der Waals surface area contributed by atoms with E-state index in [1.54, 1.807) is 4.68 Å². The minimum atomic E-state index is 0.0298. The van der Waals surface area contributed by atoms with E-state index in [4.69, 9.17) is 9.47 Å². The van der Waals surface area contributed by atoms with Crippen LogP contribution in [-0.2, 0) is 30.7 Å². The molecule has 0 aliphatic carbocycles. The number of hydrogen-bond donors (Lipinski definition) is 0. The smallest absolute Gasteiger partial charge is 0.278 e. The van der Waals surface area contributed by atoms with Gasteiger partial charge in [0.2, 0.25) is 5.88 Å². The third-order valence-electron chi connectivity index (χ3n) is 4.82. The summed E-state index contributed by atoms with van der Waals surface area (Å²) < 4.78 is 15.3. The number of benzene rings is 1. The maximum atomic E-state index is 13.3. The average Bonchev–Trinajstić information content (AvgIpc) is 2.78. The Bertz CT molecular complexity index is 792. The summed E-state index contributed by atoms with van der Waals surface area (Å²) in [6, 6.07) is 4.39. The topological polar surface area (TPSA) is 45.4 Å². The Morgan fingerprint density at radius 3 is 2.16 bits per heavy atom. The second-order valence-electron chi connectivity index (χ2n) is 6.44. The second-order valence-corrected chi connectivity index (χ2v) is 6.44. The summed E-state index contributed by atoms with van der Waals surface area (Å²) >= 11 is 0. The highest BCUT2D eigenvalue weighted by Gasteiger charge is 2.26. The van der Waals surface area contributed by atoms with Crippen LogP contribution < -0.4 is 10.3 Å². The zero-order valence-corrected chi connectivity index (χ0v) is 15.7. The fourth-order valence-electron chi connectivity index (χ4n) is 3.74. The third-order valence-corrected chi connectivity index (χ3v) is 4.82. The average molecular weight is 344 g/mol. The Balaban J connectivity index is 2.33. The van der Waals surface area contributed by atoms with E-state index in [9.17, 15) is 4.79 Å². The molecule has 5 heteroatoms. The van der Waals surface area contributed by atoms with E-state index in [2.05, 4.69) is 32.9 Å². The van der Waals surface area contributed by atoms with Crippen molar-refractivity contribution < 1.29 is 9.47 Å². The van der Waals surface area contributed by atoms with Crippen LogP contribution in [0.2, 0.25) is 0 Å². The van der Waals surface area contributed by atoms with E-state index in [1.165, 1.54) is 16.7 Å². The number of aromatic nitrogens is 2. The molecule has 0 bridgehead atoms. The van der Waals surface area contributed by atoms with Crippen LogP contribution in [-0.4, -0.2) is 29.2 Å². The Morgan fingerprint density at radius 1 is 1.00 bits per heavy atom. The van der Waals surface area contributed by atoms with Gasteiger partial charge in [0.1, 0.15) is 5.56 Å². The molecule has 2 heterocycles. The molecule has 0 fully saturated rings. The zero-order valence-electron chi connectivity index (χ0n) is 15.7. The summed E-state index contributed by atoms with van der Waals surface area (Å²) in [5.74, 6) is 0.686. The van der Waals surface area contributed by atoms with E-state index < -0.39 is 0 Å². The van der Waals surface area contributed by atoms with E-state index in [-0.39, 0.29) is 5.56 Å². The molecule has 0 saturated carbocycles. The highest BCUT2D eigenvalue weighted by Crippen LogP contribution is 2.35. The number of nitrogens with zero attached hydrogens (tertiary/aromatic N) is 2. The first-order chi connectivity index (χ1) is 12.1. The minimum Gasteiger partial charge on any atom is -0.478 e. The van der Waals surface area contributed by atoms with Crippen LogP contribution in [0.25, 0.3) is 11.1 Å². The van der Waals surface area contributed by atoms with Crippen molar-refractivity contribution in [1.82, 2.24) is 9.36 Å². The molecular formula is C20H28N2O3. The Kier molecular flexibility index (Phi) is 5.33. The van der Waals surface area contributed by atoms with Gasteiger partial charge in [-0.25, -0.2) is 9.36 Å². The monoisotopic (exact) mass is 344 g/mol. The molecule has 136 valence electrons. The third kappa shape index (κ3) is 3.13. The molecule has 1 aromatic carbocycles. The van der Waals surface area contributed by atoms with Crippen molar-refractivity contribution in [3.8, 4) is 17.0 Å². The predicted molar refractivity (Wildman–Crippen MR) is 99.6 cm³/mol. The van der Waals surface area contributed by atoms with Gasteiger partial charge in [-0.2, -0.15) is 0 Å². The largest absolute Gasteiger partial charge is 0.478 e. The van der Waals surface area contributed by atoms with Gasteiger partial charge in [-0.15, -0.1) is 0 Å². The predicted octanol–water partition coefficient (Wildman–Crippen LogP) is 3.18. The van der Waals surface area contributed by atoms with Crippen molar-refractivity contribution in [3.63, 3.8) is 0 Å². The van der Waals surface area contributed by atoms with Crippen molar-refractivity contribution in [2.75, 3.05) is 19.8 Å². The summed E-state index contributed by atoms with van der Waals surface area (Å²) in [7, 11) is 0. The molecule has 1 aromatic heterocycles. The molecule has 0 spiro atoms. The van der Waals surface area contributed by atoms with Gasteiger partial charge in [-0.1, -0.05) is 31.5 Å². The van der Waals surface area contributed by atoms with Gasteiger partial charge in [-0.3, -0.25) is 4.79 Å². The maximum absolute atomic E-state index is 13.3. The first-order valence-electron chi connectivity index (χ1n) is 9.29. The highest BCUT2D eigenvalue weighted by atomic mass is 16.5. The summed E-state index contributed by atoms with van der Waals surface area (Å²) in [6.45, 7) is 11.3. The molecule has 25 heavy (non-hydrogen) atoms. The molecule has 3 rings (SSSR count). The lowest BCUT2D eigenvalue weighted by Crippen LogP contribution is -2.24. The highest BCUT2D eigenvalue weighted by molar-refractivity contribution is 5.75. The lowest BCUT2D eigenvalue weighted by Gasteiger charge is -2.16. The Hall–Kier alpha value is -2.01. The number of fused-ring (bicyclic) bond motifs is 1. The van der Waals surface area contributed by atoms with Crippen LogP contribution in [0.3, 0.4) is 0 Å². The van der Waals surface area contributed by atoms with Gasteiger partial charge in [0, 0.05) is 0 Å². The van der Waals surface area contributed by atoms with Crippen LogP contribution in [0.5, 0.6) is 5.88 Å². The molecule has 0 saturated heterocycles.